The molecule has 1 aromatic carbocycles. The van der Waals surface area contributed by atoms with Gasteiger partial charge < -0.3 is 5.84 Å². The lowest BCUT2D eigenvalue weighted by molar-refractivity contribution is 0.171. The number of benzene rings is 1. The maximum absolute atomic E-state index is 5.54. The van der Waals surface area contributed by atoms with Gasteiger partial charge in [0.05, 0.1) is 6.21 Å². The third-order valence-corrected chi connectivity index (χ3v) is 6.43. The highest BCUT2D eigenvalue weighted by atomic mass is 15.3. The molecule has 0 aromatic heterocycles. The van der Waals surface area contributed by atoms with Crippen LogP contribution in [-0.2, 0) is 5.54 Å². The largest absolute Gasteiger partial charge is 0.324 e. The van der Waals surface area contributed by atoms with Crippen LogP contribution in [0.15, 0.2) is 45.7 Å². The molecule has 2 N–H and O–H groups in total. The third kappa shape index (κ3) is 1.21. The van der Waals surface area contributed by atoms with E-state index in [1.807, 2.05) is 6.21 Å². The van der Waals surface area contributed by atoms with Crippen LogP contribution in [0.3, 0.4) is 0 Å². The molecule has 1 aromatic rings. The molecule has 4 rings (SSSR count). The fraction of sp³-hybridized carbons (Fsp3) is 0.588. The summed E-state index contributed by atoms with van der Waals surface area (Å²) in [7, 11) is 0. The highest BCUT2D eigenvalue weighted by molar-refractivity contribution is 5.76. The third-order valence-electron chi connectivity index (χ3n) is 6.43. The zero-order valence-electron chi connectivity index (χ0n) is 12.7. The molecule has 3 aliphatic rings. The van der Waals surface area contributed by atoms with Crippen LogP contribution in [0.5, 0.6) is 0 Å². The average molecular weight is 282 g/mol. The molecule has 2 aliphatic carbocycles. The van der Waals surface area contributed by atoms with Crippen LogP contribution in [0.4, 0.5) is 0 Å². The van der Waals surface area contributed by atoms with Crippen molar-refractivity contribution in [2.24, 2.45) is 38.4 Å². The molecular weight excluding hydrogens is 260 g/mol. The summed E-state index contributed by atoms with van der Waals surface area (Å²) < 4.78 is 0. The molecule has 0 saturated heterocycles. The highest BCUT2D eigenvalue weighted by Crippen LogP contribution is 2.73. The minimum atomic E-state index is -0.335. The predicted octanol–water partition coefficient (Wildman–Crippen LogP) is 3.49. The Morgan fingerprint density at radius 3 is 2.57 bits per heavy atom. The van der Waals surface area contributed by atoms with Crippen LogP contribution in [0.1, 0.15) is 38.7 Å². The Hall–Kier alpha value is -1.71. The molecule has 2 saturated carbocycles. The van der Waals surface area contributed by atoms with Crippen LogP contribution >= 0.6 is 0 Å². The first-order valence-electron chi connectivity index (χ1n) is 7.84. The standard InChI is InChI=1S/C17H22N4/c1-15(2)16(11-19-18)13-9-6-10-14(13)17(15,21-20-16)12-7-4-3-5-8-12/h3-5,7-8,11,13-14H,6,9-10,18H2,1-2H3/b19-11-. The van der Waals surface area contributed by atoms with Gasteiger partial charge in [-0.2, -0.15) is 15.3 Å². The average Bonchev–Trinajstić information content (AvgIpc) is 3.09. The van der Waals surface area contributed by atoms with Crippen LogP contribution in [0.25, 0.3) is 0 Å². The van der Waals surface area contributed by atoms with E-state index in [-0.39, 0.29) is 16.5 Å². The summed E-state index contributed by atoms with van der Waals surface area (Å²) in [6, 6.07) is 10.7. The van der Waals surface area contributed by atoms with Gasteiger partial charge in [-0.25, -0.2) is 0 Å². The zero-order chi connectivity index (χ0) is 14.7. The van der Waals surface area contributed by atoms with Crippen LogP contribution in [-0.4, -0.2) is 11.8 Å². The van der Waals surface area contributed by atoms with Gasteiger partial charge in [0.1, 0.15) is 11.1 Å². The van der Waals surface area contributed by atoms with E-state index in [0.717, 1.165) is 0 Å². The van der Waals surface area contributed by atoms with Gasteiger partial charge in [-0.05, 0) is 30.2 Å². The molecule has 1 heterocycles. The predicted molar refractivity (Wildman–Crippen MR) is 83.0 cm³/mol. The zero-order valence-corrected chi connectivity index (χ0v) is 12.7. The summed E-state index contributed by atoms with van der Waals surface area (Å²) in [5.41, 5.74) is 0.635. The van der Waals surface area contributed by atoms with Gasteiger partial charge in [0.2, 0.25) is 0 Å². The van der Waals surface area contributed by atoms with Gasteiger partial charge in [0.15, 0.2) is 0 Å². The lowest BCUT2D eigenvalue weighted by Gasteiger charge is -2.40. The van der Waals surface area contributed by atoms with Crippen LogP contribution < -0.4 is 5.84 Å². The van der Waals surface area contributed by atoms with Crippen molar-refractivity contribution >= 4 is 6.21 Å². The summed E-state index contributed by atoms with van der Waals surface area (Å²) >= 11 is 0. The molecule has 4 atom stereocenters. The fourth-order valence-electron chi connectivity index (χ4n) is 5.50. The lowest BCUT2D eigenvalue weighted by Crippen LogP contribution is -2.47. The van der Waals surface area contributed by atoms with Crippen molar-refractivity contribution in [2.75, 3.05) is 0 Å². The van der Waals surface area contributed by atoms with E-state index in [4.69, 9.17) is 16.1 Å². The summed E-state index contributed by atoms with van der Waals surface area (Å²) in [5, 5.41) is 13.5. The Bertz CT molecular complexity index is 621. The van der Waals surface area contributed by atoms with Crippen molar-refractivity contribution in [1.82, 2.24) is 0 Å². The molecular formula is C17H22N4. The first-order valence-corrected chi connectivity index (χ1v) is 7.84. The van der Waals surface area contributed by atoms with E-state index in [2.05, 4.69) is 49.3 Å². The maximum Gasteiger partial charge on any atom is 0.129 e. The summed E-state index contributed by atoms with van der Waals surface area (Å²) in [6.07, 6.45) is 5.55. The Kier molecular flexibility index (Phi) is 2.43. The summed E-state index contributed by atoms with van der Waals surface area (Å²) in [4.78, 5) is 0. The summed E-state index contributed by atoms with van der Waals surface area (Å²) in [6.45, 7) is 4.58. The van der Waals surface area contributed by atoms with Gasteiger partial charge in [-0.1, -0.05) is 50.6 Å². The SMILES string of the molecule is CC1(C)C2(/C=N\N)N=NC1(c1ccccc1)C1CCCC12. The molecule has 0 radical (unpaired) electrons. The minimum absolute atomic E-state index is 0.0972. The first kappa shape index (κ1) is 13.0. The van der Waals surface area contributed by atoms with Gasteiger partial charge >= 0.3 is 0 Å². The van der Waals surface area contributed by atoms with Gasteiger partial charge in [0.25, 0.3) is 0 Å². The van der Waals surface area contributed by atoms with E-state index in [1.165, 1.54) is 24.8 Å². The number of nitrogens with two attached hydrogens (primary N) is 1. The first-order chi connectivity index (χ1) is 10.1. The molecule has 0 amide bonds. The minimum Gasteiger partial charge on any atom is -0.324 e. The maximum atomic E-state index is 5.54. The Labute approximate surface area is 125 Å². The van der Waals surface area contributed by atoms with Gasteiger partial charge in [-0.3, -0.25) is 0 Å². The molecule has 4 nitrogen and oxygen atoms in total. The van der Waals surface area contributed by atoms with Crippen molar-refractivity contribution in [3.8, 4) is 0 Å². The van der Waals surface area contributed by atoms with E-state index in [0.29, 0.717) is 11.8 Å². The Balaban J connectivity index is 1.98. The van der Waals surface area contributed by atoms with E-state index < -0.39 is 0 Å². The quantitative estimate of drug-likeness (QED) is 0.504. The van der Waals surface area contributed by atoms with E-state index in [9.17, 15) is 0 Å². The monoisotopic (exact) mass is 282 g/mol. The second-order valence-electron chi connectivity index (χ2n) is 7.20. The van der Waals surface area contributed by atoms with Gasteiger partial charge in [-0.15, -0.1) is 0 Å². The number of hydrazone groups is 1. The van der Waals surface area contributed by atoms with Crippen molar-refractivity contribution in [3.63, 3.8) is 0 Å². The lowest BCUT2D eigenvalue weighted by atomic mass is 9.63. The van der Waals surface area contributed by atoms with E-state index in [1.54, 1.807) is 0 Å². The number of rotatable bonds is 2. The van der Waals surface area contributed by atoms with Crippen LogP contribution in [0.2, 0.25) is 0 Å². The van der Waals surface area contributed by atoms with Crippen molar-refractivity contribution in [3.05, 3.63) is 35.9 Å². The van der Waals surface area contributed by atoms with Crippen molar-refractivity contribution in [1.29, 1.82) is 0 Å². The molecule has 1 aliphatic heterocycles. The Morgan fingerprint density at radius 2 is 1.86 bits per heavy atom. The normalized spacial score (nSPS) is 42.8. The summed E-state index contributed by atoms with van der Waals surface area (Å²) in [5.74, 6) is 6.60. The molecule has 2 fully saturated rings. The van der Waals surface area contributed by atoms with Crippen LogP contribution in [0, 0.1) is 17.3 Å². The van der Waals surface area contributed by atoms with Crippen molar-refractivity contribution < 1.29 is 0 Å². The number of hydrogen-bond donors (Lipinski definition) is 1. The second kappa shape index (κ2) is 3.93. The molecule has 2 bridgehead atoms. The van der Waals surface area contributed by atoms with E-state index >= 15 is 0 Å². The molecule has 0 spiro atoms. The fourth-order valence-corrected chi connectivity index (χ4v) is 5.50. The highest BCUT2D eigenvalue weighted by Gasteiger charge is 2.77. The Morgan fingerprint density at radius 1 is 1.14 bits per heavy atom. The van der Waals surface area contributed by atoms with Crippen molar-refractivity contribution in [2.45, 2.75) is 44.2 Å². The second-order valence-corrected chi connectivity index (χ2v) is 7.20. The molecule has 21 heavy (non-hydrogen) atoms. The molecule has 110 valence electrons. The topological polar surface area (TPSA) is 63.1 Å². The smallest absolute Gasteiger partial charge is 0.129 e. The number of azo groups is 1. The molecule has 4 unspecified atom stereocenters. The molecule has 4 heteroatoms. The number of hydrogen-bond acceptors (Lipinski definition) is 4. The van der Waals surface area contributed by atoms with Gasteiger partial charge in [0, 0.05) is 5.41 Å². The number of fused-ring (bicyclic) bond motifs is 5. The number of nitrogens with zero attached hydrogens (tertiary/aromatic N) is 3.